The van der Waals surface area contributed by atoms with Crippen LogP contribution < -0.4 is 4.74 Å². The monoisotopic (exact) mass is 351 g/mol. The average Bonchev–Trinajstić information content (AvgIpc) is 2.79. The number of nitrogens with zero attached hydrogens (tertiary/aromatic N) is 1. The molecule has 128 valence electrons. The van der Waals surface area contributed by atoms with Crippen LogP contribution in [0.2, 0.25) is 5.02 Å². The van der Waals surface area contributed by atoms with Gasteiger partial charge in [0.25, 0.3) is 0 Å². The molecule has 3 aromatic carbocycles. The largest absolute Gasteiger partial charge is 0.495 e. The van der Waals surface area contributed by atoms with Crippen LogP contribution >= 0.6 is 11.6 Å². The molecular formula is C22H22ClNO. The third kappa shape index (κ3) is 3.01. The lowest BCUT2D eigenvalue weighted by Gasteiger charge is -2.24. The zero-order chi connectivity index (χ0) is 17.4. The van der Waals surface area contributed by atoms with Crippen LogP contribution in [0.1, 0.15) is 22.6 Å². The number of methoxy groups -OCH3 is 1. The second-order valence-electron chi connectivity index (χ2n) is 6.82. The number of hydrogen-bond acceptors (Lipinski definition) is 2. The van der Waals surface area contributed by atoms with Crippen LogP contribution in [0.3, 0.4) is 0 Å². The molecule has 0 saturated heterocycles. The number of ether oxygens (including phenoxy) is 1. The highest BCUT2D eigenvalue weighted by atomic mass is 35.5. The summed E-state index contributed by atoms with van der Waals surface area (Å²) in [7, 11) is 3.88. The van der Waals surface area contributed by atoms with Crippen LogP contribution in [0, 0.1) is 0 Å². The topological polar surface area (TPSA) is 12.5 Å². The maximum absolute atomic E-state index is 6.40. The molecule has 1 atom stereocenters. The van der Waals surface area contributed by atoms with E-state index in [0.717, 1.165) is 25.3 Å². The minimum absolute atomic E-state index is 0.305. The average molecular weight is 352 g/mol. The lowest BCUT2D eigenvalue weighted by Crippen LogP contribution is -2.24. The van der Waals surface area contributed by atoms with Crippen molar-refractivity contribution in [2.45, 2.75) is 12.3 Å². The smallest absolute Gasteiger partial charge is 0.137 e. The molecule has 1 heterocycles. The van der Waals surface area contributed by atoms with Crippen molar-refractivity contribution in [1.82, 2.24) is 4.90 Å². The van der Waals surface area contributed by atoms with Crippen LogP contribution in [0.4, 0.5) is 0 Å². The molecule has 4 rings (SSSR count). The molecule has 0 N–H and O–H groups in total. The fourth-order valence-electron chi connectivity index (χ4n) is 3.94. The molecule has 2 nitrogen and oxygen atoms in total. The molecule has 3 aromatic rings. The van der Waals surface area contributed by atoms with E-state index >= 15 is 0 Å². The van der Waals surface area contributed by atoms with Gasteiger partial charge in [-0.1, -0.05) is 54.1 Å². The number of hydrogen-bond donors (Lipinski definition) is 0. The summed E-state index contributed by atoms with van der Waals surface area (Å²) in [5.41, 5.74) is 4.03. The lowest BCUT2D eigenvalue weighted by molar-refractivity contribution is 0.338. The molecule has 0 aliphatic carbocycles. The van der Waals surface area contributed by atoms with Crippen LogP contribution in [0.5, 0.6) is 5.75 Å². The summed E-state index contributed by atoms with van der Waals surface area (Å²) in [5, 5.41) is 3.31. The molecule has 0 bridgehead atoms. The molecule has 0 amide bonds. The summed E-state index contributed by atoms with van der Waals surface area (Å²) in [4.78, 5) is 2.41. The van der Waals surface area contributed by atoms with E-state index in [1.165, 1.54) is 27.5 Å². The SMILES string of the molecule is COc1cc2c(cc1Cl)CCN(C)CC2c1cccc2ccccc12. The Labute approximate surface area is 154 Å². The molecule has 1 aliphatic heterocycles. The number of benzene rings is 3. The molecule has 1 aliphatic rings. The van der Waals surface area contributed by atoms with E-state index in [0.29, 0.717) is 10.9 Å². The van der Waals surface area contributed by atoms with Crippen LogP contribution in [0.15, 0.2) is 54.6 Å². The number of halogens is 1. The molecule has 0 radical (unpaired) electrons. The van der Waals surface area contributed by atoms with Gasteiger partial charge >= 0.3 is 0 Å². The predicted molar refractivity (Wildman–Crippen MR) is 105 cm³/mol. The van der Waals surface area contributed by atoms with Crippen molar-refractivity contribution < 1.29 is 4.74 Å². The van der Waals surface area contributed by atoms with Gasteiger partial charge in [-0.3, -0.25) is 0 Å². The quantitative estimate of drug-likeness (QED) is 0.635. The Hall–Kier alpha value is -2.03. The van der Waals surface area contributed by atoms with Crippen molar-refractivity contribution in [2.75, 3.05) is 27.2 Å². The van der Waals surface area contributed by atoms with Gasteiger partial charge in [-0.05, 0) is 53.1 Å². The van der Waals surface area contributed by atoms with Crippen molar-refractivity contribution >= 4 is 22.4 Å². The Morgan fingerprint density at radius 2 is 1.84 bits per heavy atom. The molecule has 0 spiro atoms. The molecule has 3 heteroatoms. The van der Waals surface area contributed by atoms with Crippen LogP contribution in [-0.4, -0.2) is 32.1 Å². The third-order valence-corrected chi connectivity index (χ3v) is 5.54. The Kier molecular flexibility index (Phi) is 4.41. The Morgan fingerprint density at radius 3 is 2.68 bits per heavy atom. The van der Waals surface area contributed by atoms with Gasteiger partial charge in [0.15, 0.2) is 0 Å². The van der Waals surface area contributed by atoms with Gasteiger partial charge in [0.2, 0.25) is 0 Å². The summed E-state index contributed by atoms with van der Waals surface area (Å²) in [6, 6.07) is 19.5. The lowest BCUT2D eigenvalue weighted by atomic mass is 9.85. The zero-order valence-electron chi connectivity index (χ0n) is 14.6. The highest BCUT2D eigenvalue weighted by Gasteiger charge is 2.25. The highest BCUT2D eigenvalue weighted by molar-refractivity contribution is 6.32. The van der Waals surface area contributed by atoms with Gasteiger partial charge in [0.05, 0.1) is 12.1 Å². The Balaban J connectivity index is 1.94. The maximum atomic E-state index is 6.40. The van der Waals surface area contributed by atoms with E-state index in [-0.39, 0.29) is 0 Å². The second-order valence-corrected chi connectivity index (χ2v) is 7.23. The van der Waals surface area contributed by atoms with Gasteiger partial charge in [-0.15, -0.1) is 0 Å². The summed E-state index contributed by atoms with van der Waals surface area (Å²) in [6.45, 7) is 2.03. The molecule has 0 aromatic heterocycles. The first-order valence-corrected chi connectivity index (χ1v) is 9.07. The molecule has 0 fully saturated rings. The van der Waals surface area contributed by atoms with Crippen molar-refractivity contribution in [3.8, 4) is 5.75 Å². The molecule has 25 heavy (non-hydrogen) atoms. The van der Waals surface area contributed by atoms with Crippen LogP contribution in [-0.2, 0) is 6.42 Å². The van der Waals surface area contributed by atoms with E-state index in [2.05, 4.69) is 66.5 Å². The maximum Gasteiger partial charge on any atom is 0.137 e. The Morgan fingerprint density at radius 1 is 1.04 bits per heavy atom. The van der Waals surface area contributed by atoms with Crippen molar-refractivity contribution in [3.05, 3.63) is 76.3 Å². The minimum atomic E-state index is 0.305. The molecule has 0 saturated carbocycles. The predicted octanol–water partition coefficient (Wildman–Crippen LogP) is 5.12. The van der Waals surface area contributed by atoms with E-state index in [9.17, 15) is 0 Å². The van der Waals surface area contributed by atoms with Gasteiger partial charge < -0.3 is 9.64 Å². The number of likely N-dealkylation sites (N-methyl/N-ethyl adjacent to an activating group) is 1. The number of rotatable bonds is 2. The van der Waals surface area contributed by atoms with Gasteiger partial charge in [0, 0.05) is 19.0 Å². The van der Waals surface area contributed by atoms with Crippen molar-refractivity contribution in [2.24, 2.45) is 0 Å². The minimum Gasteiger partial charge on any atom is -0.495 e. The van der Waals surface area contributed by atoms with E-state index < -0.39 is 0 Å². The van der Waals surface area contributed by atoms with Crippen LogP contribution in [0.25, 0.3) is 10.8 Å². The van der Waals surface area contributed by atoms with Gasteiger partial charge in [0.1, 0.15) is 5.75 Å². The first-order valence-electron chi connectivity index (χ1n) is 8.70. The van der Waals surface area contributed by atoms with Gasteiger partial charge in [-0.25, -0.2) is 0 Å². The third-order valence-electron chi connectivity index (χ3n) is 5.24. The second kappa shape index (κ2) is 6.70. The summed E-state index contributed by atoms with van der Waals surface area (Å²) in [5.74, 6) is 1.06. The first kappa shape index (κ1) is 16.4. The van der Waals surface area contributed by atoms with E-state index in [1.54, 1.807) is 7.11 Å². The van der Waals surface area contributed by atoms with Crippen molar-refractivity contribution in [3.63, 3.8) is 0 Å². The summed E-state index contributed by atoms with van der Waals surface area (Å²) < 4.78 is 5.50. The summed E-state index contributed by atoms with van der Waals surface area (Å²) >= 11 is 6.40. The van der Waals surface area contributed by atoms with E-state index in [4.69, 9.17) is 16.3 Å². The normalized spacial score (nSPS) is 18.0. The molecule has 1 unspecified atom stereocenters. The van der Waals surface area contributed by atoms with Gasteiger partial charge in [-0.2, -0.15) is 0 Å². The first-order chi connectivity index (χ1) is 12.2. The fourth-order valence-corrected chi connectivity index (χ4v) is 4.20. The van der Waals surface area contributed by atoms with Crippen molar-refractivity contribution in [1.29, 1.82) is 0 Å². The Bertz CT molecular complexity index is 916. The molecular weight excluding hydrogens is 330 g/mol. The highest BCUT2D eigenvalue weighted by Crippen LogP contribution is 2.39. The standard InChI is InChI=1S/C22H22ClNO/c1-24-11-10-16-12-21(23)22(25-2)13-19(16)20(14-24)18-9-5-7-15-6-3-4-8-17(15)18/h3-9,12-13,20H,10-11,14H2,1-2H3. The summed E-state index contributed by atoms with van der Waals surface area (Å²) in [6.07, 6.45) is 1.01. The zero-order valence-corrected chi connectivity index (χ0v) is 15.4. The number of fused-ring (bicyclic) bond motifs is 2. The fraction of sp³-hybridized carbons (Fsp3) is 0.273. The van der Waals surface area contributed by atoms with E-state index in [1.807, 2.05) is 0 Å².